The van der Waals surface area contributed by atoms with Gasteiger partial charge >= 0.3 is 0 Å². The molecule has 1 aliphatic rings. The SMILES string of the molecule is CC(CNC(=O)[C@H]1CCCCN1)c1ccccc1. The minimum Gasteiger partial charge on any atom is -0.354 e. The summed E-state index contributed by atoms with van der Waals surface area (Å²) in [6.45, 7) is 3.82. The van der Waals surface area contributed by atoms with E-state index in [0.29, 0.717) is 12.5 Å². The maximum atomic E-state index is 12.0. The van der Waals surface area contributed by atoms with Crippen LogP contribution in [0.3, 0.4) is 0 Å². The van der Waals surface area contributed by atoms with E-state index < -0.39 is 0 Å². The lowest BCUT2D eigenvalue weighted by molar-refractivity contribution is -0.123. The number of carbonyl (C=O) groups excluding carboxylic acids is 1. The lowest BCUT2D eigenvalue weighted by atomic mass is 10.0. The van der Waals surface area contributed by atoms with Crippen molar-refractivity contribution in [3.05, 3.63) is 35.9 Å². The van der Waals surface area contributed by atoms with Gasteiger partial charge in [0.1, 0.15) is 0 Å². The Hall–Kier alpha value is -1.35. The third kappa shape index (κ3) is 3.57. The molecule has 3 heteroatoms. The number of nitrogens with one attached hydrogen (secondary N) is 2. The third-order valence-corrected chi connectivity index (χ3v) is 3.58. The Morgan fingerprint density at radius 1 is 1.39 bits per heavy atom. The van der Waals surface area contributed by atoms with Crippen molar-refractivity contribution >= 4 is 5.91 Å². The third-order valence-electron chi connectivity index (χ3n) is 3.58. The first-order valence-electron chi connectivity index (χ1n) is 6.83. The van der Waals surface area contributed by atoms with Gasteiger partial charge in [-0.3, -0.25) is 4.79 Å². The number of rotatable bonds is 4. The van der Waals surface area contributed by atoms with Crippen molar-refractivity contribution in [2.24, 2.45) is 0 Å². The molecule has 18 heavy (non-hydrogen) atoms. The lowest BCUT2D eigenvalue weighted by Crippen LogP contribution is -2.47. The van der Waals surface area contributed by atoms with Gasteiger partial charge in [0.25, 0.3) is 0 Å². The summed E-state index contributed by atoms with van der Waals surface area (Å²) < 4.78 is 0. The number of benzene rings is 1. The van der Waals surface area contributed by atoms with Crippen LogP contribution in [0, 0.1) is 0 Å². The number of amides is 1. The molecular weight excluding hydrogens is 224 g/mol. The van der Waals surface area contributed by atoms with Crippen molar-refractivity contribution in [1.82, 2.24) is 10.6 Å². The summed E-state index contributed by atoms with van der Waals surface area (Å²) in [7, 11) is 0. The van der Waals surface area contributed by atoms with E-state index in [1.165, 1.54) is 12.0 Å². The summed E-state index contributed by atoms with van der Waals surface area (Å²) >= 11 is 0. The number of carbonyl (C=O) groups is 1. The van der Waals surface area contributed by atoms with Gasteiger partial charge in [-0.15, -0.1) is 0 Å². The molecule has 1 heterocycles. The highest BCUT2D eigenvalue weighted by atomic mass is 16.2. The van der Waals surface area contributed by atoms with Gasteiger partial charge in [0.05, 0.1) is 6.04 Å². The van der Waals surface area contributed by atoms with Crippen LogP contribution in [0.25, 0.3) is 0 Å². The van der Waals surface area contributed by atoms with Crippen molar-refractivity contribution in [3.8, 4) is 0 Å². The molecule has 0 bridgehead atoms. The summed E-state index contributed by atoms with van der Waals surface area (Å²) in [6.07, 6.45) is 3.30. The van der Waals surface area contributed by atoms with Gasteiger partial charge < -0.3 is 10.6 Å². The molecule has 0 radical (unpaired) electrons. The molecule has 1 amide bonds. The molecule has 1 aliphatic heterocycles. The smallest absolute Gasteiger partial charge is 0.237 e. The Morgan fingerprint density at radius 3 is 2.83 bits per heavy atom. The zero-order valence-corrected chi connectivity index (χ0v) is 11.0. The fraction of sp³-hybridized carbons (Fsp3) is 0.533. The molecule has 2 rings (SSSR count). The predicted molar refractivity (Wildman–Crippen MR) is 73.5 cm³/mol. The molecule has 1 fully saturated rings. The summed E-state index contributed by atoms with van der Waals surface area (Å²) in [5.74, 6) is 0.510. The lowest BCUT2D eigenvalue weighted by Gasteiger charge is -2.23. The molecule has 0 spiro atoms. The van der Waals surface area contributed by atoms with Crippen LogP contribution < -0.4 is 10.6 Å². The Morgan fingerprint density at radius 2 is 2.17 bits per heavy atom. The van der Waals surface area contributed by atoms with E-state index in [0.717, 1.165) is 19.4 Å². The van der Waals surface area contributed by atoms with Crippen LogP contribution in [0.2, 0.25) is 0 Å². The molecule has 1 unspecified atom stereocenters. The van der Waals surface area contributed by atoms with Crippen LogP contribution in [-0.4, -0.2) is 25.0 Å². The average molecular weight is 246 g/mol. The van der Waals surface area contributed by atoms with E-state index in [1.807, 2.05) is 18.2 Å². The molecular formula is C15H22N2O. The molecule has 2 N–H and O–H groups in total. The Labute approximate surface area is 109 Å². The molecule has 0 saturated carbocycles. The molecule has 2 atom stereocenters. The van der Waals surface area contributed by atoms with Gasteiger partial charge in [0.2, 0.25) is 5.91 Å². The summed E-state index contributed by atoms with van der Waals surface area (Å²) in [6, 6.07) is 10.3. The van der Waals surface area contributed by atoms with Gasteiger partial charge in [-0.2, -0.15) is 0 Å². The summed E-state index contributed by atoms with van der Waals surface area (Å²) in [5.41, 5.74) is 1.27. The monoisotopic (exact) mass is 246 g/mol. The first-order chi connectivity index (χ1) is 8.77. The highest BCUT2D eigenvalue weighted by Gasteiger charge is 2.20. The second-order valence-electron chi connectivity index (χ2n) is 5.06. The summed E-state index contributed by atoms with van der Waals surface area (Å²) in [4.78, 5) is 12.0. The largest absolute Gasteiger partial charge is 0.354 e. The average Bonchev–Trinajstić information content (AvgIpc) is 2.46. The maximum Gasteiger partial charge on any atom is 0.237 e. The van der Waals surface area contributed by atoms with Gasteiger partial charge in [0.15, 0.2) is 0 Å². The molecule has 1 aromatic carbocycles. The van der Waals surface area contributed by atoms with Crippen molar-refractivity contribution < 1.29 is 4.79 Å². The number of piperidine rings is 1. The van der Waals surface area contributed by atoms with Crippen LogP contribution >= 0.6 is 0 Å². The van der Waals surface area contributed by atoms with E-state index in [4.69, 9.17) is 0 Å². The zero-order chi connectivity index (χ0) is 12.8. The normalized spacial score (nSPS) is 21.3. The second kappa shape index (κ2) is 6.55. The van der Waals surface area contributed by atoms with Gasteiger partial charge in [-0.25, -0.2) is 0 Å². The Balaban J connectivity index is 1.78. The number of hydrogen-bond acceptors (Lipinski definition) is 2. The van der Waals surface area contributed by atoms with Crippen molar-refractivity contribution in [1.29, 1.82) is 0 Å². The van der Waals surface area contributed by atoms with Crippen LogP contribution in [0.5, 0.6) is 0 Å². The van der Waals surface area contributed by atoms with Crippen LogP contribution in [-0.2, 0) is 4.79 Å². The zero-order valence-electron chi connectivity index (χ0n) is 11.0. The number of hydrogen-bond donors (Lipinski definition) is 2. The molecule has 98 valence electrons. The fourth-order valence-electron chi connectivity index (χ4n) is 2.35. The standard InChI is InChI=1S/C15H22N2O/c1-12(13-7-3-2-4-8-13)11-17-15(18)14-9-5-6-10-16-14/h2-4,7-8,12,14,16H,5-6,9-11H2,1H3,(H,17,18)/t12?,14-/m1/s1. The van der Waals surface area contributed by atoms with E-state index in [-0.39, 0.29) is 11.9 Å². The highest BCUT2D eigenvalue weighted by molar-refractivity contribution is 5.81. The molecule has 3 nitrogen and oxygen atoms in total. The van der Waals surface area contributed by atoms with E-state index in [9.17, 15) is 4.79 Å². The van der Waals surface area contributed by atoms with Crippen LogP contribution in [0.1, 0.15) is 37.7 Å². The highest BCUT2D eigenvalue weighted by Crippen LogP contribution is 2.13. The minimum atomic E-state index is 0.0155. The van der Waals surface area contributed by atoms with Gasteiger partial charge in [0, 0.05) is 6.54 Å². The van der Waals surface area contributed by atoms with Crippen molar-refractivity contribution in [3.63, 3.8) is 0 Å². The van der Waals surface area contributed by atoms with E-state index >= 15 is 0 Å². The topological polar surface area (TPSA) is 41.1 Å². The summed E-state index contributed by atoms with van der Waals surface area (Å²) in [5, 5.41) is 6.32. The van der Waals surface area contributed by atoms with Crippen LogP contribution in [0.15, 0.2) is 30.3 Å². The molecule has 0 aromatic heterocycles. The second-order valence-corrected chi connectivity index (χ2v) is 5.06. The van der Waals surface area contributed by atoms with E-state index in [1.54, 1.807) is 0 Å². The first-order valence-corrected chi connectivity index (χ1v) is 6.83. The molecule has 0 aliphatic carbocycles. The predicted octanol–water partition coefficient (Wildman–Crippen LogP) is 2.05. The molecule has 1 aromatic rings. The Kier molecular flexibility index (Phi) is 4.76. The van der Waals surface area contributed by atoms with Crippen molar-refractivity contribution in [2.75, 3.05) is 13.1 Å². The van der Waals surface area contributed by atoms with E-state index in [2.05, 4.69) is 29.7 Å². The maximum absolute atomic E-state index is 12.0. The van der Waals surface area contributed by atoms with Crippen LogP contribution in [0.4, 0.5) is 0 Å². The Bertz CT molecular complexity index is 371. The van der Waals surface area contributed by atoms with Gasteiger partial charge in [-0.05, 0) is 30.9 Å². The van der Waals surface area contributed by atoms with Crippen molar-refractivity contribution in [2.45, 2.75) is 38.1 Å². The molecule has 1 saturated heterocycles. The quantitative estimate of drug-likeness (QED) is 0.853. The van der Waals surface area contributed by atoms with Gasteiger partial charge in [-0.1, -0.05) is 43.7 Å². The minimum absolute atomic E-state index is 0.0155. The first kappa shape index (κ1) is 13.1. The fourth-order valence-corrected chi connectivity index (χ4v) is 2.35.